The summed E-state index contributed by atoms with van der Waals surface area (Å²) in [6.45, 7) is 2.77. The van der Waals surface area contributed by atoms with Crippen LogP contribution in [-0.4, -0.2) is 25.8 Å². The largest absolute Gasteiger partial charge is 0.478 e. The highest BCUT2D eigenvalue weighted by molar-refractivity contribution is 5.95. The maximum atomic E-state index is 11.5. The normalized spacial score (nSPS) is 10.6. The van der Waals surface area contributed by atoms with Crippen LogP contribution >= 0.6 is 0 Å². The molecule has 0 aliphatic heterocycles. The molecule has 0 bridgehead atoms. The van der Waals surface area contributed by atoms with Gasteiger partial charge in [0.05, 0.1) is 12.1 Å². The fourth-order valence-corrected chi connectivity index (χ4v) is 3.14. The molecule has 0 fully saturated rings. The van der Waals surface area contributed by atoms with Crippen molar-refractivity contribution in [1.29, 1.82) is 0 Å². The SMILES string of the molecule is C#CCCn1nc(CCC)nc1Cc1ccc(-c2ccccc2C(=O)O)cc1. The Morgan fingerprint density at radius 2 is 1.93 bits per heavy atom. The summed E-state index contributed by atoms with van der Waals surface area (Å²) in [6, 6.07) is 14.9. The van der Waals surface area contributed by atoms with Gasteiger partial charge in [-0.1, -0.05) is 49.4 Å². The van der Waals surface area contributed by atoms with E-state index >= 15 is 0 Å². The zero-order valence-corrected chi connectivity index (χ0v) is 15.9. The number of rotatable bonds is 8. The standard InChI is InChI=1S/C23H23N3O2/c1-3-5-15-26-22(24-21(25-26)8-4-2)16-17-11-13-18(14-12-17)19-9-6-7-10-20(19)23(27)28/h1,6-7,9-14H,4-5,8,15-16H2,2H3,(H,27,28). The van der Waals surface area contributed by atoms with Gasteiger partial charge >= 0.3 is 5.97 Å². The van der Waals surface area contributed by atoms with E-state index < -0.39 is 5.97 Å². The van der Waals surface area contributed by atoms with Crippen molar-refractivity contribution in [2.24, 2.45) is 0 Å². The van der Waals surface area contributed by atoms with Crippen LogP contribution in [0.3, 0.4) is 0 Å². The summed E-state index contributed by atoms with van der Waals surface area (Å²) in [5.74, 6) is 3.47. The summed E-state index contributed by atoms with van der Waals surface area (Å²) in [7, 11) is 0. The second-order valence-corrected chi connectivity index (χ2v) is 6.60. The fraction of sp³-hybridized carbons (Fsp3) is 0.261. The Hall–Kier alpha value is -3.39. The summed E-state index contributed by atoms with van der Waals surface area (Å²) in [6.07, 6.45) is 8.51. The number of nitrogens with zero attached hydrogens (tertiary/aromatic N) is 3. The van der Waals surface area contributed by atoms with Crippen molar-refractivity contribution in [2.45, 2.75) is 39.2 Å². The van der Waals surface area contributed by atoms with Crippen LogP contribution in [0.25, 0.3) is 11.1 Å². The molecule has 0 saturated carbocycles. The van der Waals surface area contributed by atoms with E-state index in [4.69, 9.17) is 6.42 Å². The maximum Gasteiger partial charge on any atom is 0.336 e. The molecule has 28 heavy (non-hydrogen) atoms. The highest BCUT2D eigenvalue weighted by Crippen LogP contribution is 2.24. The Morgan fingerprint density at radius 3 is 2.61 bits per heavy atom. The molecule has 0 saturated heterocycles. The third kappa shape index (κ3) is 4.47. The van der Waals surface area contributed by atoms with Crippen molar-refractivity contribution >= 4 is 5.97 Å². The van der Waals surface area contributed by atoms with Gasteiger partial charge in [0.25, 0.3) is 0 Å². The van der Waals surface area contributed by atoms with E-state index in [0.29, 0.717) is 30.5 Å². The predicted octanol–water partition coefficient (Wildman–Crippen LogP) is 4.21. The molecule has 0 spiro atoms. The van der Waals surface area contributed by atoms with Crippen molar-refractivity contribution < 1.29 is 9.90 Å². The van der Waals surface area contributed by atoms with Gasteiger partial charge in [0, 0.05) is 19.3 Å². The number of carboxylic acid groups (broad SMARTS) is 1. The average molecular weight is 373 g/mol. The molecule has 0 amide bonds. The zero-order chi connectivity index (χ0) is 19.9. The van der Waals surface area contributed by atoms with Crippen molar-refractivity contribution in [1.82, 2.24) is 14.8 Å². The monoisotopic (exact) mass is 373 g/mol. The average Bonchev–Trinajstić information content (AvgIpc) is 3.08. The molecule has 1 aromatic heterocycles. The molecule has 0 aliphatic carbocycles. The Balaban J connectivity index is 1.83. The summed E-state index contributed by atoms with van der Waals surface area (Å²) in [5, 5.41) is 14.0. The first kappa shape index (κ1) is 19.4. The maximum absolute atomic E-state index is 11.5. The molecule has 5 heteroatoms. The molecule has 0 unspecified atom stereocenters. The van der Waals surface area contributed by atoms with E-state index in [0.717, 1.165) is 35.6 Å². The Kier molecular flexibility index (Phi) is 6.23. The Bertz CT molecular complexity index is 997. The van der Waals surface area contributed by atoms with Gasteiger partial charge < -0.3 is 5.11 Å². The van der Waals surface area contributed by atoms with Gasteiger partial charge in [-0.3, -0.25) is 0 Å². The lowest BCUT2D eigenvalue weighted by Gasteiger charge is -2.08. The van der Waals surface area contributed by atoms with Gasteiger partial charge in [0.1, 0.15) is 5.82 Å². The fourth-order valence-electron chi connectivity index (χ4n) is 3.14. The van der Waals surface area contributed by atoms with E-state index in [1.807, 2.05) is 41.1 Å². The number of aromatic carboxylic acids is 1. The van der Waals surface area contributed by atoms with E-state index in [9.17, 15) is 9.90 Å². The summed E-state index contributed by atoms with van der Waals surface area (Å²) in [5.41, 5.74) is 2.98. The van der Waals surface area contributed by atoms with Crippen molar-refractivity contribution in [2.75, 3.05) is 0 Å². The van der Waals surface area contributed by atoms with Crippen LogP contribution in [0.1, 0.15) is 47.3 Å². The number of hydrogen-bond donors (Lipinski definition) is 1. The molecule has 3 aromatic rings. The molecule has 1 heterocycles. The lowest BCUT2D eigenvalue weighted by molar-refractivity contribution is 0.0697. The molecule has 0 radical (unpaired) electrons. The molecule has 3 rings (SSSR count). The van der Waals surface area contributed by atoms with Crippen LogP contribution in [0.15, 0.2) is 48.5 Å². The smallest absolute Gasteiger partial charge is 0.336 e. The number of carbonyl (C=O) groups is 1. The molecule has 142 valence electrons. The van der Waals surface area contributed by atoms with E-state index in [1.54, 1.807) is 12.1 Å². The van der Waals surface area contributed by atoms with Crippen molar-refractivity contribution in [3.63, 3.8) is 0 Å². The minimum absolute atomic E-state index is 0.300. The number of aromatic nitrogens is 3. The minimum Gasteiger partial charge on any atom is -0.478 e. The molecular formula is C23H23N3O2. The van der Waals surface area contributed by atoms with Crippen molar-refractivity contribution in [3.8, 4) is 23.5 Å². The molecular weight excluding hydrogens is 350 g/mol. The molecule has 0 aliphatic rings. The van der Waals surface area contributed by atoms with Gasteiger partial charge in [0.15, 0.2) is 5.82 Å². The van der Waals surface area contributed by atoms with E-state index in [2.05, 4.69) is 22.9 Å². The quantitative estimate of drug-likeness (QED) is 0.601. The summed E-state index contributed by atoms with van der Waals surface area (Å²) >= 11 is 0. The molecule has 2 aromatic carbocycles. The van der Waals surface area contributed by atoms with Crippen LogP contribution in [0.4, 0.5) is 0 Å². The second kappa shape index (κ2) is 9.01. The van der Waals surface area contributed by atoms with Gasteiger partial charge in [-0.05, 0) is 29.2 Å². The van der Waals surface area contributed by atoms with Crippen LogP contribution in [-0.2, 0) is 19.4 Å². The highest BCUT2D eigenvalue weighted by Gasteiger charge is 2.12. The van der Waals surface area contributed by atoms with Gasteiger partial charge in [-0.15, -0.1) is 12.3 Å². The lowest BCUT2D eigenvalue weighted by Crippen LogP contribution is -2.06. The molecule has 1 N–H and O–H groups in total. The predicted molar refractivity (Wildman–Crippen MR) is 109 cm³/mol. The Labute approximate surface area is 165 Å². The van der Waals surface area contributed by atoms with E-state index in [1.165, 1.54) is 0 Å². The van der Waals surface area contributed by atoms with Gasteiger partial charge in [-0.2, -0.15) is 5.10 Å². The summed E-state index contributed by atoms with van der Waals surface area (Å²) in [4.78, 5) is 16.1. The third-order valence-electron chi connectivity index (χ3n) is 4.52. The number of aryl methyl sites for hydroxylation is 2. The molecule has 5 nitrogen and oxygen atoms in total. The first-order valence-electron chi connectivity index (χ1n) is 9.40. The Morgan fingerprint density at radius 1 is 1.18 bits per heavy atom. The number of carboxylic acids is 1. The summed E-state index contributed by atoms with van der Waals surface area (Å²) < 4.78 is 1.90. The first-order chi connectivity index (χ1) is 13.6. The van der Waals surface area contributed by atoms with Crippen LogP contribution in [0, 0.1) is 12.3 Å². The topological polar surface area (TPSA) is 68.0 Å². The third-order valence-corrected chi connectivity index (χ3v) is 4.52. The van der Waals surface area contributed by atoms with Gasteiger partial charge in [-0.25, -0.2) is 14.5 Å². The van der Waals surface area contributed by atoms with Gasteiger partial charge in [0.2, 0.25) is 0 Å². The molecule has 0 atom stereocenters. The van der Waals surface area contributed by atoms with Crippen molar-refractivity contribution in [3.05, 3.63) is 71.3 Å². The second-order valence-electron chi connectivity index (χ2n) is 6.60. The number of hydrogen-bond acceptors (Lipinski definition) is 3. The van der Waals surface area contributed by atoms with Crippen LogP contribution < -0.4 is 0 Å². The minimum atomic E-state index is -0.926. The highest BCUT2D eigenvalue weighted by atomic mass is 16.4. The number of terminal acetylenes is 1. The number of benzene rings is 2. The lowest BCUT2D eigenvalue weighted by atomic mass is 9.98. The van der Waals surface area contributed by atoms with E-state index in [-0.39, 0.29) is 0 Å². The zero-order valence-electron chi connectivity index (χ0n) is 15.9. The first-order valence-corrected chi connectivity index (χ1v) is 9.40. The van der Waals surface area contributed by atoms with Crippen LogP contribution in [0.5, 0.6) is 0 Å². The van der Waals surface area contributed by atoms with Crippen LogP contribution in [0.2, 0.25) is 0 Å².